The van der Waals surface area contributed by atoms with Gasteiger partial charge in [0.05, 0.1) is 22.8 Å². The molecule has 0 spiro atoms. The largest absolute Gasteiger partial charge is 0.478 e. The minimum atomic E-state index is -3.79. The van der Waals surface area contributed by atoms with Crippen molar-refractivity contribution in [3.63, 3.8) is 0 Å². The molecule has 0 atom stereocenters. The normalized spacial score (nSPS) is 11.5. The van der Waals surface area contributed by atoms with Crippen molar-refractivity contribution in [3.8, 4) is 0 Å². The summed E-state index contributed by atoms with van der Waals surface area (Å²) in [5, 5.41) is 17.3. The Balaban J connectivity index is 3.44. The zero-order valence-electron chi connectivity index (χ0n) is 8.97. The van der Waals surface area contributed by atoms with Gasteiger partial charge in [-0.2, -0.15) is 0 Å². The molecule has 0 heterocycles. The zero-order chi connectivity index (χ0) is 13.2. The van der Waals surface area contributed by atoms with Crippen molar-refractivity contribution >= 4 is 15.8 Å². The maximum atomic E-state index is 13.4. The number of sulfone groups is 1. The van der Waals surface area contributed by atoms with Crippen LogP contribution in [0.3, 0.4) is 0 Å². The van der Waals surface area contributed by atoms with Gasteiger partial charge in [-0.15, -0.1) is 0 Å². The molecular formula is C10H11FO5S. The van der Waals surface area contributed by atoms with E-state index in [9.17, 15) is 17.6 Å². The number of benzene rings is 1. The quantitative estimate of drug-likeness (QED) is 0.775. The Labute approximate surface area is 97.4 Å². The highest BCUT2D eigenvalue weighted by Gasteiger charge is 2.20. The minimum Gasteiger partial charge on any atom is -0.478 e. The number of aliphatic hydroxyl groups excluding tert-OH is 1. The molecule has 94 valence electrons. The van der Waals surface area contributed by atoms with Gasteiger partial charge in [0.1, 0.15) is 5.82 Å². The highest BCUT2D eigenvalue weighted by Crippen LogP contribution is 2.20. The van der Waals surface area contributed by atoms with Crippen LogP contribution in [-0.2, 0) is 9.84 Å². The van der Waals surface area contributed by atoms with Gasteiger partial charge in [-0.25, -0.2) is 17.6 Å². The Hall–Kier alpha value is -1.47. The number of carboxylic acid groups (broad SMARTS) is 1. The lowest BCUT2D eigenvalue weighted by molar-refractivity contribution is 0.0691. The third-order valence-corrected chi connectivity index (χ3v) is 3.85. The first kappa shape index (κ1) is 13.6. The van der Waals surface area contributed by atoms with E-state index in [1.54, 1.807) is 0 Å². The molecule has 0 fully saturated rings. The van der Waals surface area contributed by atoms with Gasteiger partial charge in [0.2, 0.25) is 0 Å². The van der Waals surface area contributed by atoms with Crippen molar-refractivity contribution in [2.45, 2.75) is 11.8 Å². The first-order valence-corrected chi connectivity index (χ1v) is 6.32. The van der Waals surface area contributed by atoms with Crippen LogP contribution in [0, 0.1) is 12.7 Å². The second kappa shape index (κ2) is 4.80. The molecule has 0 radical (unpaired) electrons. The molecule has 1 rings (SSSR count). The molecule has 7 heteroatoms. The summed E-state index contributed by atoms with van der Waals surface area (Å²) in [6.45, 7) is 0.695. The van der Waals surface area contributed by atoms with Crippen molar-refractivity contribution in [2.24, 2.45) is 0 Å². The number of rotatable bonds is 4. The van der Waals surface area contributed by atoms with Gasteiger partial charge in [-0.05, 0) is 24.6 Å². The molecule has 0 aliphatic heterocycles. The Kier molecular flexibility index (Phi) is 3.84. The lowest BCUT2D eigenvalue weighted by Gasteiger charge is -2.07. The average molecular weight is 262 g/mol. The summed E-state index contributed by atoms with van der Waals surface area (Å²) in [7, 11) is -3.79. The fourth-order valence-corrected chi connectivity index (χ4v) is 2.44. The van der Waals surface area contributed by atoms with Gasteiger partial charge in [0.25, 0.3) is 0 Å². The molecule has 0 saturated carbocycles. The van der Waals surface area contributed by atoms with E-state index in [4.69, 9.17) is 10.2 Å². The standard InChI is InChI=1S/C10H11FO5S/c1-6-4-7(17(15,16)3-2-12)5-8(9(6)11)10(13)14/h4-5,12H,2-3H2,1H3,(H,13,14). The van der Waals surface area contributed by atoms with Gasteiger partial charge in [-0.3, -0.25) is 0 Å². The summed E-state index contributed by atoms with van der Waals surface area (Å²) in [6.07, 6.45) is 0. The Morgan fingerprint density at radius 2 is 2.00 bits per heavy atom. The van der Waals surface area contributed by atoms with Crippen LogP contribution in [0.5, 0.6) is 0 Å². The molecular weight excluding hydrogens is 251 g/mol. The fraction of sp³-hybridized carbons (Fsp3) is 0.300. The van der Waals surface area contributed by atoms with Crippen LogP contribution < -0.4 is 0 Å². The molecule has 2 N–H and O–H groups in total. The van der Waals surface area contributed by atoms with Crippen molar-refractivity contribution in [3.05, 3.63) is 29.1 Å². The number of carbonyl (C=O) groups is 1. The maximum absolute atomic E-state index is 13.4. The van der Waals surface area contributed by atoms with E-state index in [1.807, 2.05) is 0 Å². The Bertz CT molecular complexity index is 550. The molecule has 0 bridgehead atoms. The summed E-state index contributed by atoms with van der Waals surface area (Å²) in [5.74, 6) is -3.02. The number of aromatic carboxylic acids is 1. The van der Waals surface area contributed by atoms with Crippen LogP contribution in [0.1, 0.15) is 15.9 Å². The molecule has 1 aromatic rings. The summed E-state index contributed by atoms with van der Waals surface area (Å²) < 4.78 is 36.6. The molecule has 0 aliphatic carbocycles. The molecule has 17 heavy (non-hydrogen) atoms. The van der Waals surface area contributed by atoms with Crippen LogP contribution in [0.15, 0.2) is 17.0 Å². The van der Waals surface area contributed by atoms with Gasteiger partial charge >= 0.3 is 5.97 Å². The molecule has 0 saturated heterocycles. The highest BCUT2D eigenvalue weighted by atomic mass is 32.2. The van der Waals surface area contributed by atoms with Crippen LogP contribution in [-0.4, -0.2) is 37.0 Å². The third-order valence-electron chi connectivity index (χ3n) is 2.18. The van der Waals surface area contributed by atoms with Gasteiger partial charge in [0, 0.05) is 0 Å². The predicted octanol–water partition coefficient (Wildman–Crippen LogP) is 0.598. The van der Waals surface area contributed by atoms with Gasteiger partial charge < -0.3 is 10.2 Å². The molecule has 0 unspecified atom stereocenters. The van der Waals surface area contributed by atoms with Crippen molar-refractivity contribution in [1.29, 1.82) is 0 Å². The Morgan fingerprint density at radius 3 is 2.47 bits per heavy atom. The Morgan fingerprint density at radius 1 is 1.41 bits per heavy atom. The lowest BCUT2D eigenvalue weighted by atomic mass is 10.1. The second-order valence-electron chi connectivity index (χ2n) is 3.45. The number of hydrogen-bond donors (Lipinski definition) is 2. The first-order valence-electron chi connectivity index (χ1n) is 4.66. The second-order valence-corrected chi connectivity index (χ2v) is 5.56. The molecule has 0 aliphatic rings. The fourth-order valence-electron chi connectivity index (χ4n) is 1.31. The van der Waals surface area contributed by atoms with Crippen LogP contribution in [0.2, 0.25) is 0 Å². The lowest BCUT2D eigenvalue weighted by Crippen LogP contribution is -2.12. The van der Waals surface area contributed by atoms with E-state index >= 15 is 0 Å². The predicted molar refractivity (Wildman–Crippen MR) is 57.2 cm³/mol. The number of carboxylic acids is 1. The van der Waals surface area contributed by atoms with Crippen LogP contribution >= 0.6 is 0 Å². The zero-order valence-corrected chi connectivity index (χ0v) is 9.79. The van der Waals surface area contributed by atoms with E-state index in [1.165, 1.54) is 6.92 Å². The summed E-state index contributed by atoms with van der Waals surface area (Å²) in [4.78, 5) is 10.4. The van der Waals surface area contributed by atoms with Crippen molar-refractivity contribution in [1.82, 2.24) is 0 Å². The van der Waals surface area contributed by atoms with Gasteiger partial charge in [-0.1, -0.05) is 0 Å². The first-order chi connectivity index (χ1) is 7.79. The number of halogens is 1. The highest BCUT2D eigenvalue weighted by molar-refractivity contribution is 7.91. The molecule has 0 amide bonds. The number of aryl methyl sites for hydroxylation is 1. The number of hydrogen-bond acceptors (Lipinski definition) is 4. The van der Waals surface area contributed by atoms with E-state index in [-0.39, 0.29) is 10.5 Å². The topological polar surface area (TPSA) is 91.7 Å². The molecule has 1 aromatic carbocycles. The summed E-state index contributed by atoms with van der Waals surface area (Å²) in [5.41, 5.74) is -0.761. The smallest absolute Gasteiger partial charge is 0.338 e. The third kappa shape index (κ3) is 2.80. The van der Waals surface area contributed by atoms with E-state index in [2.05, 4.69) is 0 Å². The van der Waals surface area contributed by atoms with E-state index in [0.29, 0.717) is 0 Å². The van der Waals surface area contributed by atoms with Crippen molar-refractivity contribution in [2.75, 3.05) is 12.4 Å². The van der Waals surface area contributed by atoms with Crippen LogP contribution in [0.25, 0.3) is 0 Å². The molecule has 5 nitrogen and oxygen atoms in total. The SMILES string of the molecule is Cc1cc(S(=O)(=O)CCO)cc(C(=O)O)c1F. The van der Waals surface area contributed by atoms with Crippen molar-refractivity contribution < 1.29 is 27.8 Å². The summed E-state index contributed by atoms with van der Waals surface area (Å²) >= 11 is 0. The van der Waals surface area contributed by atoms with E-state index in [0.717, 1.165) is 12.1 Å². The minimum absolute atomic E-state index is 0.0681. The molecule has 0 aromatic heterocycles. The average Bonchev–Trinajstić information content (AvgIpc) is 2.21. The van der Waals surface area contributed by atoms with Crippen LogP contribution in [0.4, 0.5) is 4.39 Å². The monoisotopic (exact) mass is 262 g/mol. The van der Waals surface area contributed by atoms with Gasteiger partial charge in [0.15, 0.2) is 9.84 Å². The van der Waals surface area contributed by atoms with E-state index < -0.39 is 39.5 Å². The number of aliphatic hydroxyl groups is 1. The summed E-state index contributed by atoms with van der Waals surface area (Å²) in [6, 6.07) is 1.81. The maximum Gasteiger partial charge on any atom is 0.338 e.